The van der Waals surface area contributed by atoms with Gasteiger partial charge in [0.2, 0.25) is 5.91 Å². The second-order valence-corrected chi connectivity index (χ2v) is 5.29. The number of hydrogen-bond donors (Lipinski definition) is 2. The van der Waals surface area contributed by atoms with E-state index in [-0.39, 0.29) is 11.9 Å². The Labute approximate surface area is 115 Å². The monoisotopic (exact) mass is 261 g/mol. The second-order valence-electron chi connectivity index (χ2n) is 5.29. The van der Waals surface area contributed by atoms with Gasteiger partial charge in [-0.2, -0.15) is 0 Å². The van der Waals surface area contributed by atoms with Crippen molar-refractivity contribution >= 4 is 5.91 Å². The molecule has 1 amide bonds. The first-order chi connectivity index (χ1) is 9.15. The van der Waals surface area contributed by atoms with Gasteiger partial charge >= 0.3 is 0 Å². The van der Waals surface area contributed by atoms with Gasteiger partial charge in [-0.1, -0.05) is 30.3 Å². The molecule has 1 aliphatic rings. The maximum Gasteiger partial charge on any atom is 0.217 e. The lowest BCUT2D eigenvalue weighted by Gasteiger charge is -2.33. The van der Waals surface area contributed by atoms with Crippen LogP contribution in [0.3, 0.4) is 0 Å². The summed E-state index contributed by atoms with van der Waals surface area (Å²) in [6.07, 6.45) is 2.03. The number of rotatable bonds is 4. The fourth-order valence-electron chi connectivity index (χ4n) is 2.63. The van der Waals surface area contributed by atoms with Crippen LogP contribution in [0, 0.1) is 0 Å². The fraction of sp³-hybridized carbons (Fsp3) is 0.533. The molecule has 0 aromatic heterocycles. The van der Waals surface area contributed by atoms with E-state index in [1.807, 2.05) is 18.2 Å². The Morgan fingerprint density at radius 1 is 1.37 bits per heavy atom. The van der Waals surface area contributed by atoms with Crippen LogP contribution in [0.2, 0.25) is 0 Å². The Balaban J connectivity index is 1.78. The van der Waals surface area contributed by atoms with Crippen molar-refractivity contribution in [1.82, 2.24) is 10.2 Å². The zero-order valence-corrected chi connectivity index (χ0v) is 11.5. The smallest absolute Gasteiger partial charge is 0.217 e. The molecule has 0 radical (unpaired) electrons. The van der Waals surface area contributed by atoms with Crippen molar-refractivity contribution in [3.8, 4) is 0 Å². The van der Waals surface area contributed by atoms with Gasteiger partial charge in [-0.05, 0) is 18.4 Å². The highest BCUT2D eigenvalue weighted by Gasteiger charge is 2.21. The number of carbonyl (C=O) groups excluding carboxylic acids is 1. The van der Waals surface area contributed by atoms with Crippen LogP contribution in [0.5, 0.6) is 0 Å². The molecule has 1 aromatic rings. The van der Waals surface area contributed by atoms with Crippen molar-refractivity contribution in [2.24, 2.45) is 5.73 Å². The third kappa shape index (κ3) is 4.33. The minimum absolute atomic E-state index is 0.0681. The van der Waals surface area contributed by atoms with Crippen LogP contribution in [-0.4, -0.2) is 36.5 Å². The number of benzene rings is 1. The molecule has 1 aromatic carbocycles. The molecule has 1 fully saturated rings. The Hall–Kier alpha value is -1.39. The van der Waals surface area contributed by atoms with Crippen molar-refractivity contribution < 1.29 is 4.79 Å². The van der Waals surface area contributed by atoms with E-state index in [2.05, 4.69) is 22.3 Å². The lowest BCUT2D eigenvalue weighted by atomic mass is 10.0. The molecule has 4 nitrogen and oxygen atoms in total. The minimum Gasteiger partial charge on any atom is -0.354 e. The summed E-state index contributed by atoms with van der Waals surface area (Å²) in [6, 6.07) is 10.6. The van der Waals surface area contributed by atoms with Crippen molar-refractivity contribution in [1.29, 1.82) is 0 Å². The Morgan fingerprint density at radius 3 is 2.58 bits per heavy atom. The Morgan fingerprint density at radius 2 is 2.00 bits per heavy atom. The van der Waals surface area contributed by atoms with Crippen LogP contribution in [0.1, 0.15) is 31.4 Å². The van der Waals surface area contributed by atoms with Crippen LogP contribution < -0.4 is 11.1 Å². The van der Waals surface area contributed by atoms with Crippen molar-refractivity contribution in [2.45, 2.75) is 31.8 Å². The molecule has 1 unspecified atom stereocenters. The number of hydrogen-bond acceptors (Lipinski definition) is 3. The Bertz CT molecular complexity index is 399. The van der Waals surface area contributed by atoms with Gasteiger partial charge in [0.15, 0.2) is 0 Å². The van der Waals surface area contributed by atoms with E-state index in [4.69, 9.17) is 5.73 Å². The molecule has 2 rings (SSSR count). The normalized spacial score (nSPS) is 19.1. The van der Waals surface area contributed by atoms with Gasteiger partial charge < -0.3 is 16.0 Å². The van der Waals surface area contributed by atoms with E-state index < -0.39 is 0 Å². The van der Waals surface area contributed by atoms with Crippen LogP contribution in [0.4, 0.5) is 0 Å². The first kappa shape index (κ1) is 14.0. The van der Waals surface area contributed by atoms with Gasteiger partial charge in [-0.25, -0.2) is 0 Å². The molecule has 1 aliphatic heterocycles. The topological polar surface area (TPSA) is 58.4 Å². The van der Waals surface area contributed by atoms with Gasteiger partial charge in [-0.15, -0.1) is 0 Å². The largest absolute Gasteiger partial charge is 0.354 e. The van der Waals surface area contributed by atoms with Crippen LogP contribution >= 0.6 is 0 Å². The molecule has 3 N–H and O–H groups in total. The first-order valence-electron chi connectivity index (χ1n) is 6.95. The van der Waals surface area contributed by atoms with Crippen molar-refractivity contribution in [3.05, 3.63) is 35.9 Å². The molecule has 1 saturated heterocycles. The highest BCUT2D eigenvalue weighted by Crippen LogP contribution is 2.15. The second kappa shape index (κ2) is 6.68. The molecule has 0 saturated carbocycles. The number of nitrogens with two attached hydrogens (primary N) is 1. The van der Waals surface area contributed by atoms with Gasteiger partial charge in [-0.3, -0.25) is 4.79 Å². The molecule has 104 valence electrons. The molecule has 1 heterocycles. The van der Waals surface area contributed by atoms with E-state index in [0.717, 1.165) is 32.5 Å². The van der Waals surface area contributed by atoms with Gasteiger partial charge in [0.1, 0.15) is 0 Å². The lowest BCUT2D eigenvalue weighted by Crippen LogP contribution is -2.45. The average molecular weight is 261 g/mol. The number of nitrogens with zero attached hydrogens (tertiary/aromatic N) is 1. The average Bonchev–Trinajstić information content (AvgIpc) is 2.41. The van der Waals surface area contributed by atoms with Crippen LogP contribution in [0.15, 0.2) is 30.3 Å². The maximum atomic E-state index is 11.0. The van der Waals surface area contributed by atoms with Crippen LogP contribution in [0.25, 0.3) is 0 Å². The highest BCUT2D eigenvalue weighted by atomic mass is 16.1. The summed E-state index contributed by atoms with van der Waals surface area (Å²) in [5.41, 5.74) is 7.42. The summed E-state index contributed by atoms with van der Waals surface area (Å²) in [5.74, 6) is 0.0689. The third-order valence-corrected chi connectivity index (χ3v) is 3.68. The molecule has 0 bridgehead atoms. The predicted molar refractivity (Wildman–Crippen MR) is 76.6 cm³/mol. The Kier molecular flexibility index (Phi) is 4.93. The number of amides is 1. The summed E-state index contributed by atoms with van der Waals surface area (Å²) < 4.78 is 0. The standard InChI is InChI=1S/C15H23N3O/c1-12(19)17-14-7-9-18(10-8-14)11-15(16)13-5-3-2-4-6-13/h2-6,14-15H,7-11,16H2,1H3,(H,17,19). The third-order valence-electron chi connectivity index (χ3n) is 3.68. The van der Waals surface area contributed by atoms with E-state index >= 15 is 0 Å². The van der Waals surface area contributed by atoms with E-state index in [1.165, 1.54) is 5.56 Å². The van der Waals surface area contributed by atoms with Gasteiger partial charge in [0.05, 0.1) is 0 Å². The minimum atomic E-state index is 0.0681. The summed E-state index contributed by atoms with van der Waals surface area (Å²) in [5, 5.41) is 2.99. The highest BCUT2D eigenvalue weighted by molar-refractivity contribution is 5.73. The fourth-order valence-corrected chi connectivity index (χ4v) is 2.63. The summed E-state index contributed by atoms with van der Waals surface area (Å²) in [6.45, 7) is 4.48. The first-order valence-corrected chi connectivity index (χ1v) is 6.95. The summed E-state index contributed by atoms with van der Waals surface area (Å²) in [7, 11) is 0. The zero-order chi connectivity index (χ0) is 13.7. The van der Waals surface area contributed by atoms with E-state index in [1.54, 1.807) is 6.92 Å². The zero-order valence-electron chi connectivity index (χ0n) is 11.5. The summed E-state index contributed by atoms with van der Waals surface area (Å²) >= 11 is 0. The number of likely N-dealkylation sites (tertiary alicyclic amines) is 1. The molecule has 4 heteroatoms. The van der Waals surface area contributed by atoms with Crippen LogP contribution in [-0.2, 0) is 4.79 Å². The number of piperidine rings is 1. The number of nitrogens with one attached hydrogen (secondary N) is 1. The molecular weight excluding hydrogens is 238 g/mol. The SMILES string of the molecule is CC(=O)NC1CCN(CC(N)c2ccccc2)CC1. The number of carbonyl (C=O) groups is 1. The van der Waals surface area contributed by atoms with Crippen molar-refractivity contribution in [2.75, 3.05) is 19.6 Å². The molecule has 19 heavy (non-hydrogen) atoms. The molecule has 1 atom stereocenters. The van der Waals surface area contributed by atoms with Gasteiger partial charge in [0.25, 0.3) is 0 Å². The van der Waals surface area contributed by atoms with Crippen molar-refractivity contribution in [3.63, 3.8) is 0 Å². The molecule has 0 spiro atoms. The maximum absolute atomic E-state index is 11.0. The van der Waals surface area contributed by atoms with Gasteiger partial charge in [0, 0.05) is 38.6 Å². The summed E-state index contributed by atoms with van der Waals surface area (Å²) in [4.78, 5) is 13.4. The molecular formula is C15H23N3O. The lowest BCUT2D eigenvalue weighted by molar-refractivity contribution is -0.119. The molecule has 0 aliphatic carbocycles. The van der Waals surface area contributed by atoms with E-state index in [9.17, 15) is 4.79 Å². The van der Waals surface area contributed by atoms with E-state index in [0.29, 0.717) is 6.04 Å². The quantitative estimate of drug-likeness (QED) is 0.858. The predicted octanol–water partition coefficient (Wildman–Crippen LogP) is 1.29.